The molecule has 1 aromatic rings. The molecule has 3 heteroatoms. The summed E-state index contributed by atoms with van der Waals surface area (Å²) < 4.78 is 18.2. The molecule has 2 unspecified atom stereocenters. The summed E-state index contributed by atoms with van der Waals surface area (Å²) >= 11 is 0. The van der Waals surface area contributed by atoms with E-state index >= 15 is 0 Å². The van der Waals surface area contributed by atoms with Crippen LogP contribution in [0.2, 0.25) is 0 Å². The Balaban J connectivity index is 1.85. The van der Waals surface area contributed by atoms with Gasteiger partial charge in [-0.05, 0) is 37.1 Å². The first-order chi connectivity index (χ1) is 7.25. The summed E-state index contributed by atoms with van der Waals surface area (Å²) in [4.78, 5) is 0. The number of benzene rings is 1. The Labute approximate surface area is 89.2 Å². The maximum absolute atomic E-state index is 12.6. The van der Waals surface area contributed by atoms with E-state index in [-0.39, 0.29) is 11.9 Å². The summed E-state index contributed by atoms with van der Waals surface area (Å²) in [7, 11) is 0. The number of halogens is 1. The van der Waals surface area contributed by atoms with E-state index in [0.717, 1.165) is 18.6 Å². The highest BCUT2D eigenvalue weighted by molar-refractivity contribution is 5.22. The van der Waals surface area contributed by atoms with Gasteiger partial charge in [-0.25, -0.2) is 4.39 Å². The van der Waals surface area contributed by atoms with Crippen molar-refractivity contribution in [1.82, 2.24) is 0 Å². The molecule has 1 saturated carbocycles. The van der Waals surface area contributed by atoms with Gasteiger partial charge >= 0.3 is 0 Å². The third-order valence-corrected chi connectivity index (χ3v) is 3.00. The quantitative estimate of drug-likeness (QED) is 0.829. The van der Waals surface area contributed by atoms with Crippen LogP contribution in [0.4, 0.5) is 4.39 Å². The molecule has 2 atom stereocenters. The lowest BCUT2D eigenvalue weighted by atomic mass is 10.1. The van der Waals surface area contributed by atoms with Crippen LogP contribution in [0.5, 0.6) is 5.75 Å². The normalized spacial score (nSPS) is 25.5. The monoisotopic (exact) mass is 209 g/mol. The van der Waals surface area contributed by atoms with Crippen LogP contribution in [0.25, 0.3) is 0 Å². The molecular weight excluding hydrogens is 193 g/mol. The lowest BCUT2D eigenvalue weighted by molar-refractivity contribution is 0.239. The van der Waals surface area contributed by atoms with E-state index in [0.29, 0.717) is 12.5 Å². The Kier molecular flexibility index (Phi) is 3.21. The highest BCUT2D eigenvalue weighted by atomic mass is 19.1. The molecule has 0 aromatic heterocycles. The molecule has 2 N–H and O–H groups in total. The van der Waals surface area contributed by atoms with Crippen molar-refractivity contribution in [2.24, 2.45) is 11.7 Å². The molecule has 1 aliphatic rings. The number of ether oxygens (including phenoxy) is 1. The number of nitrogens with two attached hydrogens (primary N) is 1. The highest BCUT2D eigenvalue weighted by Gasteiger charge is 2.24. The van der Waals surface area contributed by atoms with Crippen molar-refractivity contribution >= 4 is 0 Å². The van der Waals surface area contributed by atoms with E-state index in [9.17, 15) is 4.39 Å². The van der Waals surface area contributed by atoms with E-state index in [1.165, 1.54) is 18.6 Å². The molecule has 0 bridgehead atoms. The average molecular weight is 209 g/mol. The summed E-state index contributed by atoms with van der Waals surface area (Å²) in [6.45, 7) is 0.646. The Morgan fingerprint density at radius 3 is 2.60 bits per heavy atom. The van der Waals surface area contributed by atoms with Crippen LogP contribution >= 0.6 is 0 Å². The molecule has 0 amide bonds. The second-order valence-corrected chi connectivity index (χ2v) is 4.12. The molecule has 0 radical (unpaired) electrons. The molecule has 0 saturated heterocycles. The van der Waals surface area contributed by atoms with Crippen molar-refractivity contribution in [2.75, 3.05) is 6.61 Å². The minimum atomic E-state index is -0.236. The van der Waals surface area contributed by atoms with E-state index in [2.05, 4.69) is 0 Å². The summed E-state index contributed by atoms with van der Waals surface area (Å²) in [5.74, 6) is 0.936. The summed E-state index contributed by atoms with van der Waals surface area (Å²) in [6, 6.07) is 6.38. The van der Waals surface area contributed by atoms with Crippen LogP contribution in [-0.4, -0.2) is 12.6 Å². The fourth-order valence-corrected chi connectivity index (χ4v) is 2.01. The number of hydrogen-bond acceptors (Lipinski definition) is 2. The van der Waals surface area contributed by atoms with Crippen LogP contribution in [0, 0.1) is 11.7 Å². The van der Waals surface area contributed by atoms with Crippen molar-refractivity contribution in [2.45, 2.75) is 25.3 Å². The molecule has 1 aliphatic carbocycles. The van der Waals surface area contributed by atoms with Crippen molar-refractivity contribution < 1.29 is 9.13 Å². The molecule has 1 aromatic carbocycles. The lowest BCUT2D eigenvalue weighted by Crippen LogP contribution is -2.28. The van der Waals surface area contributed by atoms with Crippen molar-refractivity contribution in [3.63, 3.8) is 0 Å². The first-order valence-corrected chi connectivity index (χ1v) is 5.39. The number of rotatable bonds is 3. The Hall–Kier alpha value is -1.09. The minimum Gasteiger partial charge on any atom is -0.493 e. The van der Waals surface area contributed by atoms with Gasteiger partial charge in [0, 0.05) is 12.0 Å². The van der Waals surface area contributed by atoms with Crippen LogP contribution in [0.3, 0.4) is 0 Å². The highest BCUT2D eigenvalue weighted by Crippen LogP contribution is 2.24. The topological polar surface area (TPSA) is 35.2 Å². The summed E-state index contributed by atoms with van der Waals surface area (Å²) in [5.41, 5.74) is 5.93. The van der Waals surface area contributed by atoms with Gasteiger partial charge in [0.1, 0.15) is 11.6 Å². The van der Waals surface area contributed by atoms with Gasteiger partial charge < -0.3 is 10.5 Å². The van der Waals surface area contributed by atoms with Crippen LogP contribution in [0.15, 0.2) is 24.3 Å². The lowest BCUT2D eigenvalue weighted by Gasteiger charge is -2.15. The SMILES string of the molecule is NC1CCCC1COc1ccc(F)cc1. The molecule has 2 rings (SSSR count). The molecule has 2 nitrogen and oxygen atoms in total. The van der Waals surface area contributed by atoms with Gasteiger partial charge in [0.05, 0.1) is 6.61 Å². The Bertz CT molecular complexity index is 312. The zero-order valence-corrected chi connectivity index (χ0v) is 8.66. The van der Waals surface area contributed by atoms with E-state index < -0.39 is 0 Å². The molecule has 82 valence electrons. The molecule has 0 spiro atoms. The predicted octanol–water partition coefficient (Wildman–Crippen LogP) is 2.33. The van der Waals surface area contributed by atoms with Gasteiger partial charge in [-0.3, -0.25) is 0 Å². The van der Waals surface area contributed by atoms with Crippen molar-refractivity contribution in [3.8, 4) is 5.75 Å². The summed E-state index contributed by atoms with van der Waals surface area (Å²) in [5, 5.41) is 0. The van der Waals surface area contributed by atoms with Crippen LogP contribution in [-0.2, 0) is 0 Å². The van der Waals surface area contributed by atoms with E-state index in [4.69, 9.17) is 10.5 Å². The maximum atomic E-state index is 12.6. The maximum Gasteiger partial charge on any atom is 0.123 e. The van der Waals surface area contributed by atoms with E-state index in [1.54, 1.807) is 12.1 Å². The van der Waals surface area contributed by atoms with Gasteiger partial charge in [0.25, 0.3) is 0 Å². The van der Waals surface area contributed by atoms with Gasteiger partial charge in [0.15, 0.2) is 0 Å². The smallest absolute Gasteiger partial charge is 0.123 e. The second kappa shape index (κ2) is 4.62. The molecular formula is C12H16FNO. The van der Waals surface area contributed by atoms with E-state index in [1.807, 2.05) is 0 Å². The predicted molar refractivity (Wildman–Crippen MR) is 57.2 cm³/mol. The second-order valence-electron chi connectivity index (χ2n) is 4.12. The Morgan fingerprint density at radius 2 is 2.00 bits per heavy atom. The third kappa shape index (κ3) is 2.69. The van der Waals surface area contributed by atoms with Crippen LogP contribution in [0.1, 0.15) is 19.3 Å². The molecule has 15 heavy (non-hydrogen) atoms. The number of hydrogen-bond donors (Lipinski definition) is 1. The largest absolute Gasteiger partial charge is 0.493 e. The van der Waals surface area contributed by atoms with Gasteiger partial charge in [-0.1, -0.05) is 6.42 Å². The van der Waals surface area contributed by atoms with Crippen molar-refractivity contribution in [1.29, 1.82) is 0 Å². The summed E-state index contributed by atoms with van der Waals surface area (Å²) in [6.07, 6.45) is 3.43. The standard InChI is InChI=1S/C12H16FNO/c13-10-4-6-11(7-5-10)15-8-9-2-1-3-12(9)14/h4-7,9,12H,1-3,8,14H2. The first-order valence-electron chi connectivity index (χ1n) is 5.39. The third-order valence-electron chi connectivity index (χ3n) is 3.00. The van der Waals surface area contributed by atoms with Gasteiger partial charge in [0.2, 0.25) is 0 Å². The zero-order chi connectivity index (χ0) is 10.7. The zero-order valence-electron chi connectivity index (χ0n) is 8.66. The molecule has 0 heterocycles. The Morgan fingerprint density at radius 1 is 1.27 bits per heavy atom. The minimum absolute atomic E-state index is 0.236. The fourth-order valence-electron chi connectivity index (χ4n) is 2.01. The van der Waals surface area contributed by atoms with Gasteiger partial charge in [-0.2, -0.15) is 0 Å². The fraction of sp³-hybridized carbons (Fsp3) is 0.500. The van der Waals surface area contributed by atoms with Gasteiger partial charge in [-0.15, -0.1) is 0 Å². The molecule has 0 aliphatic heterocycles. The average Bonchev–Trinajstić information content (AvgIpc) is 2.63. The van der Waals surface area contributed by atoms with Crippen LogP contribution < -0.4 is 10.5 Å². The van der Waals surface area contributed by atoms with Crippen molar-refractivity contribution in [3.05, 3.63) is 30.1 Å². The molecule has 1 fully saturated rings. The first kappa shape index (κ1) is 10.4.